The van der Waals surface area contributed by atoms with Crippen molar-refractivity contribution in [3.05, 3.63) is 59.2 Å². The Morgan fingerprint density at radius 2 is 1.86 bits per heavy atom. The van der Waals surface area contributed by atoms with Crippen LogP contribution in [0.4, 0.5) is 11.4 Å². The minimum atomic E-state index is -0.00250. The summed E-state index contributed by atoms with van der Waals surface area (Å²) in [5.74, 6) is 2.93. The second-order valence-electron chi connectivity index (χ2n) is 9.13. The van der Waals surface area contributed by atoms with E-state index in [-0.39, 0.29) is 5.91 Å². The molecule has 0 aromatic heterocycles. The van der Waals surface area contributed by atoms with E-state index in [0.29, 0.717) is 17.9 Å². The van der Waals surface area contributed by atoms with Crippen LogP contribution in [-0.4, -0.2) is 5.91 Å². The zero-order valence-electron chi connectivity index (χ0n) is 16.9. The highest BCUT2D eigenvalue weighted by atomic mass is 16.1. The minimum absolute atomic E-state index is 0.00250. The van der Waals surface area contributed by atoms with E-state index in [2.05, 4.69) is 54.0 Å². The lowest BCUT2D eigenvalue weighted by atomic mass is 9.60. The SMILES string of the molecule is CC(=O)Nc1ccc2c(c1)C1CCC3CCCC3C1C(c1ccc(C)cc1)N2. The number of carbonyl (C=O) groups excluding carboxylic acids is 1. The first-order valence-corrected chi connectivity index (χ1v) is 10.8. The molecule has 146 valence electrons. The van der Waals surface area contributed by atoms with Gasteiger partial charge in [-0.3, -0.25) is 4.79 Å². The standard InChI is InChI=1S/C25H30N2O/c1-15-6-8-18(9-7-15)25-24-20-5-3-4-17(20)10-12-21(24)22-14-19(26-16(2)28)11-13-23(22)27-25/h6-9,11,13-14,17,20-21,24-25,27H,3-5,10,12H2,1-2H3,(H,26,28). The Labute approximate surface area is 167 Å². The van der Waals surface area contributed by atoms with Crippen molar-refractivity contribution in [2.75, 3.05) is 10.6 Å². The molecular weight excluding hydrogens is 344 g/mol. The van der Waals surface area contributed by atoms with Crippen LogP contribution in [0.3, 0.4) is 0 Å². The molecule has 2 fully saturated rings. The highest BCUT2D eigenvalue weighted by Gasteiger charge is 2.48. The number of anilines is 2. The number of benzene rings is 2. The lowest BCUT2D eigenvalue weighted by molar-refractivity contribution is -0.114. The third-order valence-electron chi connectivity index (χ3n) is 7.43. The molecule has 3 heteroatoms. The summed E-state index contributed by atoms with van der Waals surface area (Å²) in [7, 11) is 0. The molecule has 0 radical (unpaired) electrons. The second kappa shape index (κ2) is 6.95. The maximum absolute atomic E-state index is 11.6. The average molecular weight is 375 g/mol. The summed E-state index contributed by atoms with van der Waals surface area (Å²) < 4.78 is 0. The van der Waals surface area contributed by atoms with Gasteiger partial charge in [0, 0.05) is 18.3 Å². The fourth-order valence-corrected chi connectivity index (χ4v) is 6.28. The van der Waals surface area contributed by atoms with Gasteiger partial charge in [0.15, 0.2) is 0 Å². The number of hydrogen-bond acceptors (Lipinski definition) is 2. The Balaban J connectivity index is 1.58. The van der Waals surface area contributed by atoms with Gasteiger partial charge in [0.25, 0.3) is 0 Å². The van der Waals surface area contributed by atoms with E-state index in [1.165, 1.54) is 54.5 Å². The Kier molecular flexibility index (Phi) is 4.41. The van der Waals surface area contributed by atoms with Crippen molar-refractivity contribution in [3.63, 3.8) is 0 Å². The maximum Gasteiger partial charge on any atom is 0.221 e. The highest BCUT2D eigenvalue weighted by molar-refractivity contribution is 5.89. The van der Waals surface area contributed by atoms with Crippen molar-refractivity contribution in [2.45, 2.75) is 57.9 Å². The summed E-state index contributed by atoms with van der Waals surface area (Å²) in [6, 6.07) is 15.9. The zero-order valence-corrected chi connectivity index (χ0v) is 16.9. The predicted octanol–water partition coefficient (Wildman–Crippen LogP) is 6.03. The van der Waals surface area contributed by atoms with E-state index < -0.39 is 0 Å². The van der Waals surface area contributed by atoms with Crippen molar-refractivity contribution in [1.29, 1.82) is 0 Å². The van der Waals surface area contributed by atoms with E-state index >= 15 is 0 Å². The van der Waals surface area contributed by atoms with E-state index in [1.54, 1.807) is 6.92 Å². The normalized spacial score (nSPS) is 30.6. The van der Waals surface area contributed by atoms with Gasteiger partial charge in [-0.2, -0.15) is 0 Å². The predicted molar refractivity (Wildman–Crippen MR) is 115 cm³/mol. The number of rotatable bonds is 2. The van der Waals surface area contributed by atoms with Crippen molar-refractivity contribution < 1.29 is 4.79 Å². The summed E-state index contributed by atoms with van der Waals surface area (Å²) in [5, 5.41) is 6.89. The van der Waals surface area contributed by atoms with Crippen LogP contribution in [0.2, 0.25) is 0 Å². The number of fused-ring (bicyclic) bond motifs is 5. The van der Waals surface area contributed by atoms with Crippen LogP contribution >= 0.6 is 0 Å². The van der Waals surface area contributed by atoms with Crippen LogP contribution < -0.4 is 10.6 Å². The quantitative estimate of drug-likeness (QED) is 0.674. The summed E-state index contributed by atoms with van der Waals surface area (Å²) in [6.45, 7) is 3.74. The molecule has 0 spiro atoms. The van der Waals surface area contributed by atoms with Crippen LogP contribution in [0.25, 0.3) is 0 Å². The topological polar surface area (TPSA) is 41.1 Å². The van der Waals surface area contributed by atoms with Gasteiger partial charge in [-0.15, -0.1) is 0 Å². The van der Waals surface area contributed by atoms with E-state index in [0.717, 1.165) is 17.5 Å². The van der Waals surface area contributed by atoms with Crippen molar-refractivity contribution in [1.82, 2.24) is 0 Å². The zero-order chi connectivity index (χ0) is 19.3. The molecule has 28 heavy (non-hydrogen) atoms. The molecule has 3 nitrogen and oxygen atoms in total. The fraction of sp³-hybridized carbons (Fsp3) is 0.480. The fourth-order valence-electron chi connectivity index (χ4n) is 6.28. The molecule has 1 amide bonds. The Hall–Kier alpha value is -2.29. The monoisotopic (exact) mass is 374 g/mol. The first-order valence-electron chi connectivity index (χ1n) is 10.8. The number of nitrogens with one attached hydrogen (secondary N) is 2. The minimum Gasteiger partial charge on any atom is -0.378 e. The molecule has 0 bridgehead atoms. The maximum atomic E-state index is 11.6. The van der Waals surface area contributed by atoms with E-state index in [1.807, 2.05) is 6.07 Å². The van der Waals surface area contributed by atoms with E-state index in [9.17, 15) is 4.79 Å². The molecule has 5 unspecified atom stereocenters. The molecule has 2 aromatic carbocycles. The van der Waals surface area contributed by atoms with Gasteiger partial charge < -0.3 is 10.6 Å². The number of amides is 1. The molecule has 3 aliphatic rings. The van der Waals surface area contributed by atoms with Gasteiger partial charge in [-0.05, 0) is 79.2 Å². The molecule has 2 N–H and O–H groups in total. The van der Waals surface area contributed by atoms with Crippen LogP contribution in [-0.2, 0) is 4.79 Å². The van der Waals surface area contributed by atoms with Gasteiger partial charge in [0.2, 0.25) is 5.91 Å². The summed E-state index contributed by atoms with van der Waals surface area (Å²) in [4.78, 5) is 11.6. The first kappa shape index (κ1) is 17.8. The number of aryl methyl sites for hydroxylation is 1. The summed E-state index contributed by atoms with van der Waals surface area (Å²) >= 11 is 0. The molecule has 2 aromatic rings. The summed E-state index contributed by atoms with van der Waals surface area (Å²) in [5.41, 5.74) is 6.32. The van der Waals surface area contributed by atoms with Crippen molar-refractivity contribution in [2.24, 2.45) is 17.8 Å². The number of carbonyl (C=O) groups is 1. The van der Waals surface area contributed by atoms with Crippen LogP contribution in [0.5, 0.6) is 0 Å². The lowest BCUT2D eigenvalue weighted by Gasteiger charge is -2.49. The molecule has 1 heterocycles. The average Bonchev–Trinajstić information content (AvgIpc) is 3.16. The Morgan fingerprint density at radius 1 is 1.04 bits per heavy atom. The van der Waals surface area contributed by atoms with Gasteiger partial charge >= 0.3 is 0 Å². The van der Waals surface area contributed by atoms with Crippen LogP contribution in [0.1, 0.15) is 67.7 Å². The molecule has 0 saturated heterocycles. The Bertz CT molecular complexity index is 888. The largest absolute Gasteiger partial charge is 0.378 e. The van der Waals surface area contributed by atoms with Crippen molar-refractivity contribution >= 4 is 17.3 Å². The molecule has 2 aliphatic carbocycles. The molecule has 5 atom stereocenters. The van der Waals surface area contributed by atoms with Gasteiger partial charge in [0.05, 0.1) is 6.04 Å². The molecule has 2 saturated carbocycles. The van der Waals surface area contributed by atoms with Gasteiger partial charge in [-0.1, -0.05) is 42.7 Å². The Morgan fingerprint density at radius 3 is 2.64 bits per heavy atom. The van der Waals surface area contributed by atoms with E-state index in [4.69, 9.17) is 0 Å². The number of hydrogen-bond donors (Lipinski definition) is 2. The smallest absolute Gasteiger partial charge is 0.221 e. The third kappa shape index (κ3) is 3.01. The van der Waals surface area contributed by atoms with Crippen LogP contribution in [0, 0.1) is 24.7 Å². The molecular formula is C25H30N2O. The lowest BCUT2D eigenvalue weighted by Crippen LogP contribution is -2.41. The highest BCUT2D eigenvalue weighted by Crippen LogP contribution is 2.59. The first-order chi connectivity index (χ1) is 13.6. The third-order valence-corrected chi connectivity index (χ3v) is 7.43. The molecule has 5 rings (SSSR count). The van der Waals surface area contributed by atoms with Gasteiger partial charge in [-0.25, -0.2) is 0 Å². The summed E-state index contributed by atoms with van der Waals surface area (Å²) in [6.07, 6.45) is 6.80. The van der Waals surface area contributed by atoms with Crippen molar-refractivity contribution in [3.8, 4) is 0 Å². The van der Waals surface area contributed by atoms with Gasteiger partial charge in [0.1, 0.15) is 0 Å². The molecule has 1 aliphatic heterocycles. The van der Waals surface area contributed by atoms with Crippen LogP contribution in [0.15, 0.2) is 42.5 Å². The second-order valence-corrected chi connectivity index (χ2v) is 9.13.